The van der Waals surface area contributed by atoms with Crippen molar-refractivity contribution in [2.24, 2.45) is 0 Å². The topological polar surface area (TPSA) is 29.0 Å². The van der Waals surface area contributed by atoms with Crippen LogP contribution in [-0.2, 0) is 19.4 Å². The number of nitrogens with zero attached hydrogens (tertiary/aromatic N) is 3. The average molecular weight is 356 g/mol. The first kappa shape index (κ1) is 15.9. The fourth-order valence-corrected chi connectivity index (χ4v) is 5.09. The zero-order valence-electron chi connectivity index (χ0n) is 14.1. The summed E-state index contributed by atoms with van der Waals surface area (Å²) < 4.78 is 0. The summed E-state index contributed by atoms with van der Waals surface area (Å²) in [6, 6.07) is 10.6. The van der Waals surface area contributed by atoms with E-state index in [1.54, 1.807) is 11.8 Å². The van der Waals surface area contributed by atoms with Crippen LogP contribution < -0.4 is 4.90 Å². The van der Waals surface area contributed by atoms with E-state index in [2.05, 4.69) is 48.5 Å². The minimum Gasteiger partial charge on any atom is -0.355 e. The number of hydrogen-bond acceptors (Lipinski definition) is 5. The van der Waals surface area contributed by atoms with Crippen LogP contribution >= 0.6 is 23.1 Å². The maximum Gasteiger partial charge on any atom is 0.190 e. The Morgan fingerprint density at radius 2 is 1.92 bits per heavy atom. The Morgan fingerprint density at radius 3 is 2.71 bits per heavy atom. The number of rotatable bonds is 4. The highest BCUT2D eigenvalue weighted by Gasteiger charge is 2.22. The largest absolute Gasteiger partial charge is 0.355 e. The van der Waals surface area contributed by atoms with E-state index in [-0.39, 0.29) is 0 Å². The Morgan fingerprint density at radius 1 is 1.12 bits per heavy atom. The van der Waals surface area contributed by atoms with E-state index in [0.717, 1.165) is 22.3 Å². The summed E-state index contributed by atoms with van der Waals surface area (Å²) in [5.41, 5.74) is 2.81. The van der Waals surface area contributed by atoms with E-state index in [1.807, 2.05) is 11.3 Å². The fraction of sp³-hybridized carbons (Fsp3) is 0.368. The van der Waals surface area contributed by atoms with Gasteiger partial charge in [0.2, 0.25) is 0 Å². The molecule has 0 amide bonds. The molecule has 0 fully saturated rings. The minimum atomic E-state index is 0.866. The highest BCUT2D eigenvalue weighted by molar-refractivity contribution is 7.98. The van der Waals surface area contributed by atoms with Gasteiger partial charge in [-0.1, -0.05) is 42.1 Å². The summed E-state index contributed by atoms with van der Waals surface area (Å²) >= 11 is 3.50. The van der Waals surface area contributed by atoms with Crippen molar-refractivity contribution in [2.45, 2.75) is 37.4 Å². The van der Waals surface area contributed by atoms with Crippen LogP contribution in [-0.4, -0.2) is 23.3 Å². The van der Waals surface area contributed by atoms with Gasteiger partial charge in [-0.3, -0.25) is 0 Å². The molecule has 0 N–H and O–H groups in total. The predicted molar refractivity (Wildman–Crippen MR) is 104 cm³/mol. The lowest BCUT2D eigenvalue weighted by atomic mass is 9.97. The number of anilines is 1. The van der Waals surface area contributed by atoms with Gasteiger partial charge in [0.1, 0.15) is 10.6 Å². The molecular formula is C19H21N3S2. The molecule has 5 heteroatoms. The van der Waals surface area contributed by atoms with Crippen molar-refractivity contribution >= 4 is 39.1 Å². The third-order valence-electron chi connectivity index (χ3n) is 4.58. The zero-order chi connectivity index (χ0) is 16.5. The summed E-state index contributed by atoms with van der Waals surface area (Å²) in [7, 11) is 2.14. The Balaban J connectivity index is 1.81. The van der Waals surface area contributed by atoms with E-state index in [1.165, 1.54) is 47.1 Å². The van der Waals surface area contributed by atoms with Gasteiger partial charge in [0.05, 0.1) is 5.39 Å². The third-order valence-corrected chi connectivity index (χ3v) is 6.32. The van der Waals surface area contributed by atoms with E-state index in [4.69, 9.17) is 9.97 Å². The Kier molecular flexibility index (Phi) is 4.46. The fourth-order valence-electron chi connectivity index (χ4n) is 3.42. The van der Waals surface area contributed by atoms with Crippen LogP contribution in [0.3, 0.4) is 0 Å². The van der Waals surface area contributed by atoms with Crippen LogP contribution in [0.1, 0.15) is 28.8 Å². The van der Waals surface area contributed by atoms with E-state index >= 15 is 0 Å². The minimum absolute atomic E-state index is 0.866. The van der Waals surface area contributed by atoms with Crippen LogP contribution in [0.15, 0.2) is 35.5 Å². The molecule has 124 valence electrons. The van der Waals surface area contributed by atoms with Gasteiger partial charge in [-0.2, -0.15) is 0 Å². The van der Waals surface area contributed by atoms with E-state index in [9.17, 15) is 0 Å². The maximum absolute atomic E-state index is 4.88. The Labute approximate surface area is 151 Å². The maximum atomic E-state index is 4.88. The highest BCUT2D eigenvalue weighted by Crippen LogP contribution is 2.40. The second kappa shape index (κ2) is 6.73. The van der Waals surface area contributed by atoms with Crippen LogP contribution in [0.4, 0.5) is 5.82 Å². The first-order valence-electron chi connectivity index (χ1n) is 8.37. The molecule has 2 heterocycles. The molecule has 4 rings (SSSR count). The van der Waals surface area contributed by atoms with Crippen molar-refractivity contribution in [3.05, 3.63) is 46.3 Å². The third kappa shape index (κ3) is 2.91. The lowest BCUT2D eigenvalue weighted by Gasteiger charge is -2.21. The smallest absolute Gasteiger partial charge is 0.190 e. The monoisotopic (exact) mass is 355 g/mol. The molecule has 0 spiro atoms. The quantitative estimate of drug-likeness (QED) is 0.490. The standard InChI is InChI=1S/C19H21N3S2/c1-22(12-13-8-4-3-5-9-13)17-16-14-10-6-7-11-15(14)24-18(16)21-19(20-17)23-2/h3-5,8-9H,6-7,10-12H2,1-2H3. The van der Waals surface area contributed by atoms with Gasteiger partial charge in [-0.25, -0.2) is 9.97 Å². The first-order valence-corrected chi connectivity index (χ1v) is 10.4. The molecule has 1 aliphatic carbocycles. The number of thiophene rings is 1. The first-order chi connectivity index (χ1) is 11.8. The van der Waals surface area contributed by atoms with Gasteiger partial charge < -0.3 is 4.90 Å². The van der Waals surface area contributed by atoms with Crippen molar-refractivity contribution in [3.63, 3.8) is 0 Å². The van der Waals surface area contributed by atoms with Gasteiger partial charge in [0.15, 0.2) is 5.16 Å². The number of hydrogen-bond donors (Lipinski definition) is 0. The molecular weight excluding hydrogens is 334 g/mol. The van der Waals surface area contributed by atoms with Gasteiger partial charge in [-0.05, 0) is 43.1 Å². The molecule has 1 aliphatic rings. The number of fused-ring (bicyclic) bond motifs is 3. The van der Waals surface area contributed by atoms with Gasteiger partial charge in [0, 0.05) is 18.5 Å². The number of aromatic nitrogens is 2. The second-order valence-corrected chi connectivity index (χ2v) is 8.12. The average Bonchev–Trinajstić information content (AvgIpc) is 3.00. The predicted octanol–water partition coefficient (Wildman–Crippen LogP) is 4.93. The summed E-state index contributed by atoms with van der Waals surface area (Å²) in [5, 5.41) is 2.17. The summed E-state index contributed by atoms with van der Waals surface area (Å²) in [6.07, 6.45) is 7.01. The molecule has 0 aliphatic heterocycles. The summed E-state index contributed by atoms with van der Waals surface area (Å²) in [5.74, 6) is 1.09. The van der Waals surface area contributed by atoms with Crippen LogP contribution in [0.25, 0.3) is 10.2 Å². The Hall–Kier alpha value is -1.59. The van der Waals surface area contributed by atoms with Crippen molar-refractivity contribution in [3.8, 4) is 0 Å². The second-order valence-electron chi connectivity index (χ2n) is 6.27. The van der Waals surface area contributed by atoms with Crippen LogP contribution in [0, 0.1) is 0 Å². The van der Waals surface area contributed by atoms with Crippen molar-refractivity contribution < 1.29 is 0 Å². The molecule has 0 atom stereocenters. The van der Waals surface area contributed by atoms with Crippen LogP contribution in [0.5, 0.6) is 0 Å². The molecule has 0 bridgehead atoms. The molecule has 1 aromatic carbocycles. The van der Waals surface area contributed by atoms with E-state index < -0.39 is 0 Å². The normalized spacial score (nSPS) is 13.9. The number of benzene rings is 1. The molecule has 0 saturated heterocycles. The molecule has 2 aromatic heterocycles. The zero-order valence-corrected chi connectivity index (χ0v) is 15.7. The van der Waals surface area contributed by atoms with Crippen molar-refractivity contribution in [2.75, 3.05) is 18.2 Å². The lowest BCUT2D eigenvalue weighted by molar-refractivity contribution is 0.700. The molecule has 3 aromatic rings. The Bertz CT molecular complexity index is 858. The molecule has 3 nitrogen and oxygen atoms in total. The van der Waals surface area contributed by atoms with E-state index in [0.29, 0.717) is 0 Å². The lowest BCUT2D eigenvalue weighted by Crippen LogP contribution is -2.19. The van der Waals surface area contributed by atoms with Crippen molar-refractivity contribution in [1.29, 1.82) is 0 Å². The summed E-state index contributed by atoms with van der Waals surface area (Å²) in [6.45, 7) is 0.866. The van der Waals surface area contributed by atoms with Gasteiger partial charge >= 0.3 is 0 Å². The molecule has 0 unspecified atom stereocenters. The SMILES string of the molecule is CSc1nc(N(C)Cc2ccccc2)c2c3c(sc2n1)CCCC3. The summed E-state index contributed by atoms with van der Waals surface area (Å²) in [4.78, 5) is 14.6. The van der Waals surface area contributed by atoms with Crippen LogP contribution in [0.2, 0.25) is 0 Å². The van der Waals surface area contributed by atoms with Crippen molar-refractivity contribution in [1.82, 2.24) is 9.97 Å². The van der Waals surface area contributed by atoms with Gasteiger partial charge in [0.25, 0.3) is 0 Å². The van der Waals surface area contributed by atoms with Gasteiger partial charge in [-0.15, -0.1) is 11.3 Å². The molecule has 0 radical (unpaired) electrons. The number of thioether (sulfide) groups is 1. The molecule has 24 heavy (non-hydrogen) atoms. The molecule has 0 saturated carbocycles. The highest BCUT2D eigenvalue weighted by atomic mass is 32.2. The number of aryl methyl sites for hydroxylation is 2.